The summed E-state index contributed by atoms with van der Waals surface area (Å²) in [6.07, 6.45) is 0. The molecule has 0 saturated carbocycles. The van der Waals surface area contributed by atoms with E-state index in [0.717, 1.165) is 0 Å². The maximum atomic E-state index is 11.5. The minimum Gasteiger partial charge on any atom is -0.353 e. The Morgan fingerprint density at radius 2 is 1.75 bits per heavy atom. The van der Waals surface area contributed by atoms with Gasteiger partial charge >= 0.3 is 0 Å². The van der Waals surface area contributed by atoms with Crippen molar-refractivity contribution in [3.63, 3.8) is 0 Å². The Kier molecular flexibility index (Phi) is 6.72. The Balaban J connectivity index is 4.10. The molecule has 0 bridgehead atoms. The molecule has 2 amide bonds. The third-order valence-electron chi connectivity index (χ3n) is 2.12. The third-order valence-corrected chi connectivity index (χ3v) is 2.12. The zero-order valence-electron chi connectivity index (χ0n) is 10.9. The number of amides is 2. The third kappa shape index (κ3) is 6.40. The van der Waals surface area contributed by atoms with E-state index in [-0.39, 0.29) is 30.9 Å². The molecule has 0 atom stereocenters. The van der Waals surface area contributed by atoms with Crippen LogP contribution >= 0.6 is 0 Å². The molecule has 0 unspecified atom stereocenters. The van der Waals surface area contributed by atoms with Crippen LogP contribution in [-0.4, -0.2) is 61.4 Å². The van der Waals surface area contributed by atoms with Crippen LogP contribution in [0.15, 0.2) is 0 Å². The van der Waals surface area contributed by atoms with Crippen LogP contribution < -0.4 is 5.32 Å². The second-order valence-corrected chi connectivity index (χ2v) is 4.31. The summed E-state index contributed by atoms with van der Waals surface area (Å²) in [5.74, 6) is -0.0254. The van der Waals surface area contributed by atoms with Gasteiger partial charge in [0.1, 0.15) is 0 Å². The van der Waals surface area contributed by atoms with Crippen molar-refractivity contribution in [2.75, 3.05) is 33.7 Å². The van der Waals surface area contributed by atoms with Crippen LogP contribution in [-0.2, 0) is 9.59 Å². The van der Waals surface area contributed by atoms with Crippen molar-refractivity contribution >= 4 is 11.8 Å². The van der Waals surface area contributed by atoms with Crippen molar-refractivity contribution in [2.24, 2.45) is 0 Å². The fraction of sp³-hybridized carbons (Fsp3) is 0.818. The Bertz CT molecular complexity index is 239. The highest BCUT2D eigenvalue weighted by Gasteiger charge is 2.14. The van der Waals surface area contributed by atoms with Crippen LogP contribution in [0.4, 0.5) is 0 Å². The normalized spacial score (nSPS) is 10.7. The van der Waals surface area contributed by atoms with Crippen molar-refractivity contribution < 1.29 is 9.59 Å². The predicted octanol–water partition coefficient (Wildman–Crippen LogP) is -0.0789. The van der Waals surface area contributed by atoms with Crippen molar-refractivity contribution in [1.82, 2.24) is 15.1 Å². The topological polar surface area (TPSA) is 52.7 Å². The van der Waals surface area contributed by atoms with E-state index in [4.69, 9.17) is 0 Å². The molecule has 0 radical (unpaired) electrons. The van der Waals surface area contributed by atoms with E-state index in [2.05, 4.69) is 5.32 Å². The second kappa shape index (κ2) is 7.22. The first-order valence-corrected chi connectivity index (χ1v) is 5.58. The number of nitrogens with zero attached hydrogens (tertiary/aromatic N) is 2. The van der Waals surface area contributed by atoms with Crippen LogP contribution in [0.1, 0.15) is 20.8 Å². The fourth-order valence-corrected chi connectivity index (χ4v) is 1.18. The number of likely N-dealkylation sites (N-methyl/N-ethyl adjacent to an activating group) is 2. The van der Waals surface area contributed by atoms with Gasteiger partial charge in [-0.25, -0.2) is 0 Å². The second-order valence-electron chi connectivity index (χ2n) is 4.31. The summed E-state index contributed by atoms with van der Waals surface area (Å²) in [5, 5.41) is 2.80. The molecule has 16 heavy (non-hydrogen) atoms. The molecule has 0 aliphatic heterocycles. The van der Waals surface area contributed by atoms with E-state index in [9.17, 15) is 9.59 Å². The van der Waals surface area contributed by atoms with Gasteiger partial charge in [-0.2, -0.15) is 0 Å². The molecule has 0 aromatic carbocycles. The van der Waals surface area contributed by atoms with Crippen LogP contribution in [0.3, 0.4) is 0 Å². The molecule has 0 saturated heterocycles. The molecule has 0 spiro atoms. The lowest BCUT2D eigenvalue weighted by atomic mass is 10.3. The summed E-state index contributed by atoms with van der Waals surface area (Å²) in [6, 6.07) is 0.135. The van der Waals surface area contributed by atoms with Crippen molar-refractivity contribution in [3.8, 4) is 0 Å². The lowest BCUT2D eigenvalue weighted by molar-refractivity contribution is -0.130. The number of rotatable bonds is 6. The monoisotopic (exact) mass is 229 g/mol. The molecule has 0 aromatic rings. The minimum absolute atomic E-state index is 0.0131. The predicted molar refractivity (Wildman–Crippen MR) is 64.1 cm³/mol. The van der Waals surface area contributed by atoms with E-state index in [1.807, 2.05) is 25.7 Å². The van der Waals surface area contributed by atoms with E-state index in [1.165, 1.54) is 4.90 Å². The molecule has 0 rings (SSSR count). The van der Waals surface area contributed by atoms with E-state index < -0.39 is 0 Å². The molecule has 0 aromatic heterocycles. The maximum absolute atomic E-state index is 11.5. The molecule has 5 heteroatoms. The van der Waals surface area contributed by atoms with Gasteiger partial charge in [0, 0.05) is 20.1 Å². The molecule has 94 valence electrons. The summed E-state index contributed by atoms with van der Waals surface area (Å²) in [4.78, 5) is 26.3. The van der Waals surface area contributed by atoms with E-state index >= 15 is 0 Å². The molecule has 0 heterocycles. The standard InChI is InChI=1S/C11H23N3O2/c1-6-14(8-11(16)13(4)5)7-10(15)12-9(2)3/h9H,6-8H2,1-5H3,(H,12,15). The fourth-order valence-electron chi connectivity index (χ4n) is 1.18. The van der Waals surface area contributed by atoms with Crippen molar-refractivity contribution in [1.29, 1.82) is 0 Å². The van der Waals surface area contributed by atoms with Gasteiger partial charge in [0.15, 0.2) is 0 Å². The van der Waals surface area contributed by atoms with E-state index in [1.54, 1.807) is 14.1 Å². The highest BCUT2D eigenvalue weighted by Crippen LogP contribution is 1.91. The van der Waals surface area contributed by atoms with Gasteiger partial charge in [0.05, 0.1) is 13.1 Å². The first kappa shape index (κ1) is 14.9. The number of hydrogen-bond acceptors (Lipinski definition) is 3. The van der Waals surface area contributed by atoms with Gasteiger partial charge in [-0.05, 0) is 20.4 Å². The molecule has 0 aliphatic rings. The number of hydrogen-bond donors (Lipinski definition) is 1. The van der Waals surface area contributed by atoms with Gasteiger partial charge in [-0.15, -0.1) is 0 Å². The van der Waals surface area contributed by atoms with Gasteiger partial charge in [0.25, 0.3) is 0 Å². The molecule has 5 nitrogen and oxygen atoms in total. The highest BCUT2D eigenvalue weighted by atomic mass is 16.2. The van der Waals surface area contributed by atoms with Gasteiger partial charge in [0.2, 0.25) is 11.8 Å². The highest BCUT2D eigenvalue weighted by molar-refractivity contribution is 5.81. The number of carbonyl (C=O) groups is 2. The zero-order valence-corrected chi connectivity index (χ0v) is 10.9. The first-order chi connectivity index (χ1) is 7.36. The summed E-state index contributed by atoms with van der Waals surface area (Å²) in [6.45, 7) is 7.01. The first-order valence-electron chi connectivity index (χ1n) is 5.58. The molecular weight excluding hydrogens is 206 g/mol. The van der Waals surface area contributed by atoms with Crippen LogP contribution in [0, 0.1) is 0 Å². The largest absolute Gasteiger partial charge is 0.353 e. The Labute approximate surface area is 97.8 Å². The maximum Gasteiger partial charge on any atom is 0.236 e. The summed E-state index contributed by atoms with van der Waals surface area (Å²) in [5.41, 5.74) is 0. The molecule has 0 fully saturated rings. The van der Waals surface area contributed by atoms with Crippen molar-refractivity contribution in [3.05, 3.63) is 0 Å². The van der Waals surface area contributed by atoms with E-state index in [0.29, 0.717) is 6.54 Å². The Hall–Kier alpha value is -1.10. The summed E-state index contributed by atoms with van der Waals surface area (Å²) < 4.78 is 0. The molecular formula is C11H23N3O2. The molecule has 1 N–H and O–H groups in total. The Morgan fingerprint density at radius 1 is 1.19 bits per heavy atom. The number of nitrogens with one attached hydrogen (secondary N) is 1. The Morgan fingerprint density at radius 3 is 2.12 bits per heavy atom. The lowest BCUT2D eigenvalue weighted by Crippen LogP contribution is -2.43. The van der Waals surface area contributed by atoms with Gasteiger partial charge in [-0.3, -0.25) is 14.5 Å². The minimum atomic E-state index is -0.0385. The van der Waals surface area contributed by atoms with Gasteiger partial charge < -0.3 is 10.2 Å². The number of carbonyl (C=O) groups excluding carboxylic acids is 2. The smallest absolute Gasteiger partial charge is 0.236 e. The zero-order chi connectivity index (χ0) is 12.7. The van der Waals surface area contributed by atoms with Gasteiger partial charge in [-0.1, -0.05) is 6.92 Å². The average molecular weight is 229 g/mol. The quantitative estimate of drug-likeness (QED) is 0.693. The van der Waals surface area contributed by atoms with Crippen LogP contribution in [0.2, 0.25) is 0 Å². The SMILES string of the molecule is CCN(CC(=O)NC(C)C)CC(=O)N(C)C. The van der Waals surface area contributed by atoms with Crippen molar-refractivity contribution in [2.45, 2.75) is 26.8 Å². The van der Waals surface area contributed by atoms with Crippen LogP contribution in [0.5, 0.6) is 0 Å². The summed E-state index contributed by atoms with van der Waals surface area (Å²) >= 11 is 0. The lowest BCUT2D eigenvalue weighted by Gasteiger charge is -2.21. The molecule has 0 aliphatic carbocycles. The average Bonchev–Trinajstić information content (AvgIpc) is 2.14. The summed E-state index contributed by atoms with van der Waals surface area (Å²) in [7, 11) is 3.43. The van der Waals surface area contributed by atoms with Crippen LogP contribution in [0.25, 0.3) is 0 Å².